The fourth-order valence-electron chi connectivity index (χ4n) is 1.71. The van der Waals surface area contributed by atoms with Crippen LogP contribution < -0.4 is 10.2 Å². The molecule has 0 aromatic heterocycles. The van der Waals surface area contributed by atoms with Gasteiger partial charge in [-0.25, -0.2) is 4.39 Å². The van der Waals surface area contributed by atoms with Crippen molar-refractivity contribution in [1.29, 1.82) is 0 Å². The van der Waals surface area contributed by atoms with Crippen molar-refractivity contribution in [1.82, 2.24) is 5.32 Å². The Morgan fingerprint density at radius 1 is 1.40 bits per heavy atom. The molecular formula is C11H15FN2O. The number of benzene rings is 1. The minimum absolute atomic E-state index is 0.0591. The van der Waals surface area contributed by atoms with Gasteiger partial charge in [0.05, 0.1) is 13.2 Å². The summed E-state index contributed by atoms with van der Waals surface area (Å²) in [5.41, 5.74) is 1.04. The lowest BCUT2D eigenvalue weighted by atomic mass is 10.2. The molecule has 15 heavy (non-hydrogen) atoms. The van der Waals surface area contributed by atoms with Gasteiger partial charge in [0, 0.05) is 12.2 Å². The molecule has 1 saturated heterocycles. The second-order valence-electron chi connectivity index (χ2n) is 3.57. The number of nitrogens with one attached hydrogen (secondary N) is 1. The van der Waals surface area contributed by atoms with Crippen LogP contribution in [0.15, 0.2) is 24.3 Å². The van der Waals surface area contributed by atoms with Gasteiger partial charge < -0.3 is 9.64 Å². The first-order valence-corrected chi connectivity index (χ1v) is 5.09. The molecule has 3 nitrogen and oxygen atoms in total. The van der Waals surface area contributed by atoms with E-state index in [4.69, 9.17) is 4.74 Å². The molecule has 1 aromatic rings. The molecule has 0 radical (unpaired) electrons. The fourth-order valence-corrected chi connectivity index (χ4v) is 1.71. The minimum Gasteiger partial charge on any atom is -0.365 e. The van der Waals surface area contributed by atoms with Gasteiger partial charge in [-0.1, -0.05) is 0 Å². The van der Waals surface area contributed by atoms with E-state index in [1.807, 2.05) is 7.05 Å². The van der Waals surface area contributed by atoms with Crippen LogP contribution in [-0.2, 0) is 4.74 Å². The zero-order valence-corrected chi connectivity index (χ0v) is 8.74. The molecule has 1 unspecified atom stereocenters. The summed E-state index contributed by atoms with van der Waals surface area (Å²) in [7, 11) is 1.87. The molecule has 1 heterocycles. The Morgan fingerprint density at radius 2 is 2.13 bits per heavy atom. The molecule has 0 spiro atoms. The van der Waals surface area contributed by atoms with Crippen LogP contribution >= 0.6 is 0 Å². The maximum Gasteiger partial charge on any atom is 0.125 e. The largest absolute Gasteiger partial charge is 0.365 e. The Kier molecular flexibility index (Phi) is 3.18. The average Bonchev–Trinajstić information content (AvgIpc) is 2.30. The number of likely N-dealkylation sites (N-methyl/N-ethyl adjacent to an activating group) is 1. The van der Waals surface area contributed by atoms with E-state index in [0.717, 1.165) is 18.8 Å². The molecule has 1 aliphatic rings. The highest BCUT2D eigenvalue weighted by Crippen LogP contribution is 2.17. The van der Waals surface area contributed by atoms with Gasteiger partial charge in [0.2, 0.25) is 0 Å². The SMILES string of the molecule is CNC1CN(c2ccc(F)cc2)CCO1. The van der Waals surface area contributed by atoms with Crippen LogP contribution in [0.1, 0.15) is 0 Å². The molecular weight excluding hydrogens is 195 g/mol. The summed E-state index contributed by atoms with van der Waals surface area (Å²) in [5, 5.41) is 3.08. The van der Waals surface area contributed by atoms with Crippen molar-refractivity contribution < 1.29 is 9.13 Å². The number of morpholine rings is 1. The van der Waals surface area contributed by atoms with Crippen molar-refractivity contribution in [3.63, 3.8) is 0 Å². The molecule has 4 heteroatoms. The van der Waals surface area contributed by atoms with Crippen molar-refractivity contribution in [3.8, 4) is 0 Å². The van der Waals surface area contributed by atoms with Crippen molar-refractivity contribution >= 4 is 5.69 Å². The Hall–Kier alpha value is -1.13. The summed E-state index contributed by atoms with van der Waals surface area (Å²) in [5.74, 6) is -0.197. The molecule has 0 bridgehead atoms. The van der Waals surface area contributed by atoms with E-state index < -0.39 is 0 Å². The molecule has 2 rings (SSSR count). The number of ether oxygens (including phenoxy) is 1. The molecule has 0 aliphatic carbocycles. The molecule has 82 valence electrons. The number of hydrogen-bond acceptors (Lipinski definition) is 3. The molecule has 1 aromatic carbocycles. The second-order valence-corrected chi connectivity index (χ2v) is 3.57. The van der Waals surface area contributed by atoms with Gasteiger partial charge in [-0.15, -0.1) is 0 Å². The predicted octanol–water partition coefficient (Wildman–Crippen LogP) is 1.21. The lowest BCUT2D eigenvalue weighted by Gasteiger charge is -2.34. The summed E-state index contributed by atoms with van der Waals surface area (Å²) >= 11 is 0. The zero-order valence-electron chi connectivity index (χ0n) is 8.74. The summed E-state index contributed by atoms with van der Waals surface area (Å²) in [6.07, 6.45) is 0.0591. The highest BCUT2D eigenvalue weighted by atomic mass is 19.1. The quantitative estimate of drug-likeness (QED) is 0.794. The first-order valence-electron chi connectivity index (χ1n) is 5.09. The van der Waals surface area contributed by atoms with Crippen LogP contribution in [0.2, 0.25) is 0 Å². The van der Waals surface area contributed by atoms with Gasteiger partial charge >= 0.3 is 0 Å². The zero-order chi connectivity index (χ0) is 10.7. The second kappa shape index (κ2) is 4.59. The van der Waals surface area contributed by atoms with Crippen molar-refractivity contribution in [3.05, 3.63) is 30.1 Å². The smallest absolute Gasteiger partial charge is 0.125 e. The van der Waals surface area contributed by atoms with E-state index in [-0.39, 0.29) is 12.0 Å². The van der Waals surface area contributed by atoms with E-state index in [1.54, 1.807) is 12.1 Å². The Balaban J connectivity index is 2.06. The van der Waals surface area contributed by atoms with Crippen LogP contribution in [0.5, 0.6) is 0 Å². The summed E-state index contributed by atoms with van der Waals surface area (Å²) in [6, 6.07) is 6.57. The maximum atomic E-state index is 12.7. The highest BCUT2D eigenvalue weighted by Gasteiger charge is 2.18. The third kappa shape index (κ3) is 2.46. The van der Waals surface area contributed by atoms with Crippen LogP contribution in [0.3, 0.4) is 0 Å². The lowest BCUT2D eigenvalue weighted by Crippen LogP contribution is -2.48. The Bertz CT molecular complexity index is 315. The number of rotatable bonds is 2. The summed E-state index contributed by atoms with van der Waals surface area (Å²) in [6.45, 7) is 2.34. The van der Waals surface area contributed by atoms with Gasteiger partial charge in [0.15, 0.2) is 0 Å². The lowest BCUT2D eigenvalue weighted by molar-refractivity contribution is 0.0234. The first kappa shape index (κ1) is 10.4. The fraction of sp³-hybridized carbons (Fsp3) is 0.455. The monoisotopic (exact) mass is 210 g/mol. The van der Waals surface area contributed by atoms with Crippen LogP contribution in [0.4, 0.5) is 10.1 Å². The van der Waals surface area contributed by atoms with Gasteiger partial charge in [0.1, 0.15) is 12.0 Å². The molecule has 1 aliphatic heterocycles. The Labute approximate surface area is 88.8 Å². The maximum absolute atomic E-state index is 12.7. The summed E-state index contributed by atoms with van der Waals surface area (Å²) in [4.78, 5) is 2.18. The van der Waals surface area contributed by atoms with Crippen LogP contribution in [0, 0.1) is 5.82 Å². The minimum atomic E-state index is -0.197. The average molecular weight is 210 g/mol. The van der Waals surface area contributed by atoms with E-state index >= 15 is 0 Å². The van der Waals surface area contributed by atoms with E-state index in [1.165, 1.54) is 12.1 Å². The third-order valence-electron chi connectivity index (χ3n) is 2.58. The van der Waals surface area contributed by atoms with Crippen LogP contribution in [-0.4, -0.2) is 33.0 Å². The number of halogens is 1. The summed E-state index contributed by atoms with van der Waals surface area (Å²) < 4.78 is 18.2. The standard InChI is InChI=1S/C11H15FN2O/c1-13-11-8-14(6-7-15-11)10-4-2-9(12)3-5-10/h2-5,11,13H,6-8H2,1H3. The molecule has 1 fully saturated rings. The molecule has 1 atom stereocenters. The molecule has 1 N–H and O–H groups in total. The Morgan fingerprint density at radius 3 is 2.80 bits per heavy atom. The van der Waals surface area contributed by atoms with Gasteiger partial charge in [0.25, 0.3) is 0 Å². The van der Waals surface area contributed by atoms with Gasteiger partial charge in [-0.2, -0.15) is 0 Å². The molecule has 0 amide bonds. The predicted molar refractivity (Wildman–Crippen MR) is 57.4 cm³/mol. The highest BCUT2D eigenvalue weighted by molar-refractivity contribution is 5.46. The number of nitrogens with zero attached hydrogens (tertiary/aromatic N) is 1. The normalized spacial score (nSPS) is 21.7. The third-order valence-corrected chi connectivity index (χ3v) is 2.58. The first-order chi connectivity index (χ1) is 7.29. The van der Waals surface area contributed by atoms with Crippen molar-refractivity contribution in [2.75, 3.05) is 31.6 Å². The van der Waals surface area contributed by atoms with Gasteiger partial charge in [-0.3, -0.25) is 5.32 Å². The number of anilines is 1. The topological polar surface area (TPSA) is 24.5 Å². The van der Waals surface area contributed by atoms with Gasteiger partial charge in [-0.05, 0) is 31.3 Å². The number of hydrogen-bond donors (Lipinski definition) is 1. The van der Waals surface area contributed by atoms with Crippen LogP contribution in [0.25, 0.3) is 0 Å². The van der Waals surface area contributed by atoms with E-state index in [2.05, 4.69) is 10.2 Å². The van der Waals surface area contributed by atoms with E-state index in [0.29, 0.717) is 6.61 Å². The van der Waals surface area contributed by atoms with E-state index in [9.17, 15) is 4.39 Å². The van der Waals surface area contributed by atoms with Crippen molar-refractivity contribution in [2.45, 2.75) is 6.23 Å². The van der Waals surface area contributed by atoms with Crippen molar-refractivity contribution in [2.24, 2.45) is 0 Å². The molecule has 0 saturated carbocycles.